The molecule has 1 N–H and O–H groups in total. The fraction of sp³-hybridized carbons (Fsp3) is 0.375. The lowest BCUT2D eigenvalue weighted by molar-refractivity contribution is -0.140. The third-order valence-electron chi connectivity index (χ3n) is 7.68. The van der Waals surface area contributed by atoms with Gasteiger partial charge in [0.25, 0.3) is 10.0 Å². The second-order valence-electron chi connectivity index (χ2n) is 10.6. The number of nitrogens with one attached hydrogen (secondary N) is 1. The Bertz CT molecular complexity index is 1460. The van der Waals surface area contributed by atoms with Crippen LogP contribution >= 0.6 is 11.6 Å². The average Bonchev–Trinajstić information content (AvgIpc) is 3.47. The monoisotopic (exact) mass is 595 g/mol. The van der Waals surface area contributed by atoms with Crippen LogP contribution in [0.4, 0.5) is 5.69 Å². The van der Waals surface area contributed by atoms with Gasteiger partial charge in [-0.25, -0.2) is 8.42 Å². The summed E-state index contributed by atoms with van der Waals surface area (Å²) in [6.45, 7) is 5.15. The van der Waals surface area contributed by atoms with Crippen molar-refractivity contribution >= 4 is 39.1 Å². The Kier molecular flexibility index (Phi) is 10.1. The van der Waals surface area contributed by atoms with Crippen LogP contribution in [0.1, 0.15) is 55.7 Å². The molecule has 0 aliphatic heterocycles. The predicted molar refractivity (Wildman–Crippen MR) is 163 cm³/mol. The predicted octanol–water partition coefficient (Wildman–Crippen LogP) is 6.02. The van der Waals surface area contributed by atoms with Crippen LogP contribution in [0.2, 0.25) is 5.02 Å². The molecule has 41 heavy (non-hydrogen) atoms. The molecule has 1 fully saturated rings. The van der Waals surface area contributed by atoms with Gasteiger partial charge < -0.3 is 10.2 Å². The van der Waals surface area contributed by atoms with Crippen LogP contribution in [0.25, 0.3) is 0 Å². The van der Waals surface area contributed by atoms with Crippen molar-refractivity contribution in [2.24, 2.45) is 0 Å². The van der Waals surface area contributed by atoms with Gasteiger partial charge in [0.2, 0.25) is 11.8 Å². The number of anilines is 1. The molecular formula is C32H38ClN3O4S. The van der Waals surface area contributed by atoms with Gasteiger partial charge in [0.1, 0.15) is 12.6 Å². The SMILES string of the molecule is CCC(C(=O)NC1CCCC1)N(Cc1ccccc1)C(=O)CN(c1cccc(Cl)c1C)S(=O)(=O)c1ccc(C)cc1. The van der Waals surface area contributed by atoms with E-state index in [2.05, 4.69) is 5.32 Å². The largest absolute Gasteiger partial charge is 0.352 e. The molecule has 0 saturated heterocycles. The Labute approximate surface area is 248 Å². The smallest absolute Gasteiger partial charge is 0.264 e. The van der Waals surface area contributed by atoms with E-state index in [9.17, 15) is 18.0 Å². The lowest BCUT2D eigenvalue weighted by Crippen LogP contribution is -2.53. The average molecular weight is 596 g/mol. The van der Waals surface area contributed by atoms with Gasteiger partial charge in [0, 0.05) is 17.6 Å². The van der Waals surface area contributed by atoms with Gasteiger partial charge in [0.15, 0.2) is 0 Å². The summed E-state index contributed by atoms with van der Waals surface area (Å²) < 4.78 is 29.2. The molecule has 1 unspecified atom stereocenters. The minimum atomic E-state index is -4.16. The molecule has 0 spiro atoms. The van der Waals surface area contributed by atoms with Crippen LogP contribution in [0.15, 0.2) is 77.7 Å². The number of sulfonamides is 1. The van der Waals surface area contributed by atoms with Gasteiger partial charge in [-0.1, -0.05) is 85.5 Å². The highest BCUT2D eigenvalue weighted by Gasteiger charge is 2.35. The Balaban J connectivity index is 1.73. The Morgan fingerprint density at radius 2 is 1.61 bits per heavy atom. The van der Waals surface area contributed by atoms with E-state index in [0.29, 0.717) is 22.7 Å². The second-order valence-corrected chi connectivity index (χ2v) is 12.9. The van der Waals surface area contributed by atoms with Crippen molar-refractivity contribution in [2.45, 2.75) is 76.4 Å². The van der Waals surface area contributed by atoms with Crippen LogP contribution in [0.3, 0.4) is 0 Å². The fourth-order valence-corrected chi connectivity index (χ4v) is 6.93. The Hall–Kier alpha value is -3.36. The van der Waals surface area contributed by atoms with E-state index >= 15 is 0 Å². The zero-order valence-electron chi connectivity index (χ0n) is 23.8. The molecule has 0 aromatic heterocycles. The third kappa shape index (κ3) is 7.29. The van der Waals surface area contributed by atoms with Crippen molar-refractivity contribution in [2.75, 3.05) is 10.8 Å². The minimum absolute atomic E-state index is 0.0657. The summed E-state index contributed by atoms with van der Waals surface area (Å²) in [6.07, 6.45) is 4.37. The summed E-state index contributed by atoms with van der Waals surface area (Å²) in [7, 11) is -4.16. The van der Waals surface area contributed by atoms with E-state index in [-0.39, 0.29) is 23.4 Å². The van der Waals surface area contributed by atoms with Crippen molar-refractivity contribution in [3.8, 4) is 0 Å². The number of benzene rings is 3. The number of halogens is 1. The molecule has 1 aliphatic carbocycles. The van der Waals surface area contributed by atoms with Crippen LogP contribution < -0.4 is 9.62 Å². The molecule has 1 atom stereocenters. The maximum Gasteiger partial charge on any atom is 0.264 e. The third-order valence-corrected chi connectivity index (χ3v) is 9.86. The lowest BCUT2D eigenvalue weighted by atomic mass is 10.1. The number of rotatable bonds is 11. The van der Waals surface area contributed by atoms with E-state index in [1.54, 1.807) is 37.3 Å². The van der Waals surface area contributed by atoms with Crippen molar-refractivity contribution in [3.05, 3.63) is 94.5 Å². The van der Waals surface area contributed by atoms with Gasteiger partial charge in [0.05, 0.1) is 10.6 Å². The molecule has 0 bridgehead atoms. The molecule has 7 nitrogen and oxygen atoms in total. The van der Waals surface area contributed by atoms with Gasteiger partial charge in [-0.2, -0.15) is 0 Å². The van der Waals surface area contributed by atoms with Crippen molar-refractivity contribution in [1.82, 2.24) is 10.2 Å². The number of carbonyl (C=O) groups is 2. The zero-order valence-corrected chi connectivity index (χ0v) is 25.4. The fourth-order valence-electron chi connectivity index (χ4n) is 5.28. The number of amides is 2. The maximum atomic E-state index is 14.2. The number of hydrogen-bond acceptors (Lipinski definition) is 4. The van der Waals surface area contributed by atoms with Gasteiger partial charge >= 0.3 is 0 Å². The van der Waals surface area contributed by atoms with E-state index in [1.807, 2.05) is 44.2 Å². The highest BCUT2D eigenvalue weighted by molar-refractivity contribution is 7.92. The van der Waals surface area contributed by atoms with Crippen LogP contribution in [0, 0.1) is 13.8 Å². The number of carbonyl (C=O) groups excluding carboxylic acids is 2. The molecule has 1 saturated carbocycles. The Morgan fingerprint density at radius 3 is 2.24 bits per heavy atom. The highest BCUT2D eigenvalue weighted by atomic mass is 35.5. The van der Waals surface area contributed by atoms with E-state index in [4.69, 9.17) is 11.6 Å². The normalized spacial score (nSPS) is 14.4. The first-order valence-electron chi connectivity index (χ1n) is 14.1. The summed E-state index contributed by atoms with van der Waals surface area (Å²) in [6, 6.07) is 20.3. The number of hydrogen-bond donors (Lipinski definition) is 1. The summed E-state index contributed by atoms with van der Waals surface area (Å²) in [5.74, 6) is -0.687. The number of aryl methyl sites for hydroxylation is 1. The van der Waals surface area contributed by atoms with Crippen LogP contribution in [0.5, 0.6) is 0 Å². The summed E-state index contributed by atoms with van der Waals surface area (Å²) in [4.78, 5) is 29.3. The molecule has 2 amide bonds. The first-order chi connectivity index (χ1) is 19.6. The summed E-state index contributed by atoms with van der Waals surface area (Å²) in [5, 5.41) is 3.52. The maximum absolute atomic E-state index is 14.2. The van der Waals surface area contributed by atoms with Crippen LogP contribution in [-0.4, -0.2) is 43.8 Å². The lowest BCUT2D eigenvalue weighted by Gasteiger charge is -2.34. The summed E-state index contributed by atoms with van der Waals surface area (Å²) >= 11 is 6.41. The molecule has 0 heterocycles. The van der Waals surface area contributed by atoms with E-state index in [1.165, 1.54) is 17.0 Å². The molecule has 218 valence electrons. The molecule has 4 rings (SSSR count). The van der Waals surface area contributed by atoms with Crippen molar-refractivity contribution < 1.29 is 18.0 Å². The second kappa shape index (κ2) is 13.5. The molecule has 9 heteroatoms. The summed E-state index contributed by atoms with van der Waals surface area (Å²) in [5.41, 5.74) is 2.62. The molecule has 0 radical (unpaired) electrons. The minimum Gasteiger partial charge on any atom is -0.352 e. The molecule has 3 aromatic rings. The Morgan fingerprint density at radius 1 is 0.951 bits per heavy atom. The van der Waals surface area contributed by atoms with Crippen LogP contribution in [-0.2, 0) is 26.2 Å². The standard InChI is InChI=1S/C32H38ClN3O4S/c1-4-29(32(38)34-26-13-8-9-14-26)35(21-25-11-6-5-7-12-25)31(37)22-36(30-16-10-15-28(33)24(30)3)41(39,40)27-19-17-23(2)18-20-27/h5-7,10-12,15-20,26,29H,4,8-9,13-14,21-22H2,1-3H3,(H,34,38). The van der Waals surface area contributed by atoms with Gasteiger partial charge in [-0.15, -0.1) is 0 Å². The van der Waals surface area contributed by atoms with Crippen molar-refractivity contribution in [3.63, 3.8) is 0 Å². The first kappa shape index (κ1) is 30.6. The molecule has 1 aliphatic rings. The zero-order chi connectivity index (χ0) is 29.6. The molecular weight excluding hydrogens is 558 g/mol. The van der Waals surface area contributed by atoms with Crippen molar-refractivity contribution in [1.29, 1.82) is 0 Å². The highest BCUT2D eigenvalue weighted by Crippen LogP contribution is 2.31. The first-order valence-corrected chi connectivity index (χ1v) is 15.9. The number of nitrogens with zero attached hydrogens (tertiary/aromatic N) is 2. The van der Waals surface area contributed by atoms with Gasteiger partial charge in [-0.05, 0) is 68.5 Å². The van der Waals surface area contributed by atoms with E-state index in [0.717, 1.165) is 41.1 Å². The van der Waals surface area contributed by atoms with Gasteiger partial charge in [-0.3, -0.25) is 13.9 Å². The molecule has 3 aromatic carbocycles. The quantitative estimate of drug-likeness (QED) is 0.294. The van der Waals surface area contributed by atoms with E-state index < -0.39 is 28.5 Å². The topological polar surface area (TPSA) is 86.8 Å².